The van der Waals surface area contributed by atoms with Gasteiger partial charge in [0.1, 0.15) is 0 Å². The van der Waals surface area contributed by atoms with E-state index in [1.165, 1.54) is 76.4 Å². The van der Waals surface area contributed by atoms with E-state index in [1.54, 1.807) is 12.5 Å². The highest BCUT2D eigenvalue weighted by Crippen LogP contribution is 2.55. The average Bonchev–Trinajstić information content (AvgIpc) is 3.13. The van der Waals surface area contributed by atoms with Crippen LogP contribution in [0.15, 0.2) is 24.3 Å². The maximum Gasteiger partial charge on any atom is 0.219 e. The Hall–Kier alpha value is -1.35. The second kappa shape index (κ2) is 6.92. The van der Waals surface area contributed by atoms with Crippen molar-refractivity contribution in [2.45, 2.75) is 82.2 Å². The van der Waals surface area contributed by atoms with Gasteiger partial charge in [0.25, 0.3) is 0 Å². The van der Waals surface area contributed by atoms with E-state index in [4.69, 9.17) is 0 Å². The van der Waals surface area contributed by atoms with E-state index < -0.39 is 0 Å². The highest BCUT2D eigenvalue weighted by atomic mass is 16.2. The molecule has 2 heterocycles. The molecule has 2 unspecified atom stereocenters. The van der Waals surface area contributed by atoms with Crippen LogP contribution in [0.1, 0.15) is 84.7 Å². The standard InChI is InChI=1S/C24H34N2O.2H2/c1-18(27)26-14-11-19-17-24(22-10-6-5-9-21(22)23(19)26)12-15-25(16-13-24)20-7-3-2-4-8-20;;/h5-6,9-10,19-20,23H,2-4,7-8,11-17H2,1H3;2*1H. The zero-order valence-electron chi connectivity index (χ0n) is 16.8. The van der Waals surface area contributed by atoms with Crippen LogP contribution in [0.25, 0.3) is 0 Å². The van der Waals surface area contributed by atoms with E-state index in [-0.39, 0.29) is 8.76 Å². The van der Waals surface area contributed by atoms with Crippen molar-refractivity contribution in [3.63, 3.8) is 0 Å². The van der Waals surface area contributed by atoms with Crippen LogP contribution < -0.4 is 0 Å². The Morgan fingerprint density at radius 1 is 1.04 bits per heavy atom. The maximum absolute atomic E-state index is 12.2. The summed E-state index contributed by atoms with van der Waals surface area (Å²) < 4.78 is 0. The Bertz CT molecular complexity index is 711. The highest BCUT2D eigenvalue weighted by Gasteiger charge is 2.50. The number of rotatable bonds is 1. The third kappa shape index (κ3) is 2.93. The minimum absolute atomic E-state index is 0. The van der Waals surface area contributed by atoms with Crippen LogP contribution in [-0.2, 0) is 10.2 Å². The summed E-state index contributed by atoms with van der Waals surface area (Å²) in [4.78, 5) is 17.2. The summed E-state index contributed by atoms with van der Waals surface area (Å²) in [6, 6.07) is 10.3. The second-order valence-corrected chi connectivity index (χ2v) is 9.61. The Labute approximate surface area is 167 Å². The molecule has 150 valence electrons. The summed E-state index contributed by atoms with van der Waals surface area (Å²) in [6.07, 6.45) is 12.2. The van der Waals surface area contributed by atoms with Crippen molar-refractivity contribution in [3.05, 3.63) is 35.4 Å². The van der Waals surface area contributed by atoms with Gasteiger partial charge < -0.3 is 9.80 Å². The molecular weight excluding hydrogens is 332 g/mol. The molecule has 3 nitrogen and oxygen atoms in total. The normalized spacial score (nSPS) is 30.9. The lowest BCUT2D eigenvalue weighted by Crippen LogP contribution is -2.50. The molecule has 0 aromatic heterocycles. The van der Waals surface area contributed by atoms with Crippen LogP contribution in [0.4, 0.5) is 0 Å². The third-order valence-corrected chi connectivity index (χ3v) is 8.28. The molecule has 2 saturated heterocycles. The summed E-state index contributed by atoms with van der Waals surface area (Å²) >= 11 is 0. The fourth-order valence-electron chi connectivity index (χ4n) is 6.93. The summed E-state index contributed by atoms with van der Waals surface area (Å²) in [5.74, 6) is 0.908. The first-order chi connectivity index (χ1) is 13.2. The minimum Gasteiger partial charge on any atom is -0.336 e. The van der Waals surface area contributed by atoms with Crippen molar-refractivity contribution in [2.75, 3.05) is 19.6 Å². The van der Waals surface area contributed by atoms with Gasteiger partial charge in [-0.05, 0) is 74.1 Å². The lowest BCUT2D eigenvalue weighted by molar-refractivity contribution is -0.130. The van der Waals surface area contributed by atoms with Gasteiger partial charge in [-0.3, -0.25) is 4.79 Å². The van der Waals surface area contributed by atoms with Crippen LogP contribution in [-0.4, -0.2) is 41.4 Å². The lowest BCUT2D eigenvalue weighted by atomic mass is 9.60. The number of amides is 1. The molecular formula is C24H38N2O. The molecule has 4 aliphatic rings. The summed E-state index contributed by atoms with van der Waals surface area (Å²) in [5, 5.41) is 0. The molecule has 2 aliphatic heterocycles. The van der Waals surface area contributed by atoms with Crippen LogP contribution >= 0.6 is 0 Å². The van der Waals surface area contributed by atoms with Crippen molar-refractivity contribution in [1.82, 2.24) is 9.80 Å². The highest BCUT2D eigenvalue weighted by molar-refractivity contribution is 5.74. The fourth-order valence-corrected chi connectivity index (χ4v) is 6.93. The summed E-state index contributed by atoms with van der Waals surface area (Å²) in [6.45, 7) is 5.24. The van der Waals surface area contributed by atoms with Crippen molar-refractivity contribution in [1.29, 1.82) is 0 Å². The molecule has 1 aromatic carbocycles. The van der Waals surface area contributed by atoms with Crippen molar-refractivity contribution in [2.24, 2.45) is 5.92 Å². The molecule has 0 bridgehead atoms. The molecule has 1 spiro atoms. The number of piperidine rings is 1. The van der Waals surface area contributed by atoms with Crippen LogP contribution in [0.5, 0.6) is 0 Å². The molecule has 1 amide bonds. The predicted octanol–water partition coefficient (Wildman–Crippen LogP) is 5.16. The Balaban J connectivity index is 0.00000120. The van der Waals surface area contributed by atoms with E-state index in [1.807, 2.05) is 0 Å². The number of nitrogens with zero attached hydrogens (tertiary/aromatic N) is 2. The Morgan fingerprint density at radius 2 is 1.78 bits per heavy atom. The summed E-state index contributed by atoms with van der Waals surface area (Å²) in [7, 11) is 0. The van der Waals surface area contributed by atoms with Gasteiger partial charge in [-0.2, -0.15) is 0 Å². The molecule has 0 radical (unpaired) electrons. The fraction of sp³-hybridized carbons (Fsp3) is 0.708. The van der Waals surface area contributed by atoms with Gasteiger partial charge >= 0.3 is 0 Å². The Kier molecular flexibility index (Phi) is 4.54. The number of carbonyl (C=O) groups excluding carboxylic acids is 1. The topological polar surface area (TPSA) is 23.6 Å². The number of carbonyl (C=O) groups is 1. The molecule has 3 heteroatoms. The second-order valence-electron chi connectivity index (χ2n) is 9.61. The smallest absolute Gasteiger partial charge is 0.219 e. The van der Waals surface area contributed by atoms with Gasteiger partial charge in [0.05, 0.1) is 6.04 Å². The molecule has 2 aliphatic carbocycles. The van der Waals surface area contributed by atoms with E-state index in [0.29, 0.717) is 17.4 Å². The van der Waals surface area contributed by atoms with Crippen LogP contribution in [0.2, 0.25) is 0 Å². The zero-order valence-corrected chi connectivity index (χ0v) is 16.8. The summed E-state index contributed by atoms with van der Waals surface area (Å²) in [5.41, 5.74) is 3.39. The van der Waals surface area contributed by atoms with Crippen molar-refractivity contribution >= 4 is 5.91 Å². The maximum atomic E-state index is 12.2. The lowest BCUT2D eigenvalue weighted by Gasteiger charge is -2.51. The number of fused-ring (bicyclic) bond motifs is 4. The Morgan fingerprint density at radius 3 is 2.52 bits per heavy atom. The van der Waals surface area contributed by atoms with E-state index in [9.17, 15) is 4.79 Å². The molecule has 27 heavy (non-hydrogen) atoms. The number of benzene rings is 1. The van der Waals surface area contributed by atoms with Crippen LogP contribution in [0, 0.1) is 5.92 Å². The minimum atomic E-state index is 0. The van der Waals surface area contributed by atoms with Gasteiger partial charge in [0, 0.05) is 22.4 Å². The van der Waals surface area contributed by atoms with E-state index >= 15 is 0 Å². The van der Waals surface area contributed by atoms with Crippen LogP contribution in [0.3, 0.4) is 0 Å². The molecule has 0 N–H and O–H groups in total. The molecule has 1 aromatic rings. The third-order valence-electron chi connectivity index (χ3n) is 8.28. The van der Waals surface area contributed by atoms with Crippen molar-refractivity contribution < 1.29 is 7.65 Å². The average molecular weight is 371 g/mol. The zero-order chi connectivity index (χ0) is 18.4. The molecule has 3 fully saturated rings. The predicted molar refractivity (Wildman–Crippen MR) is 113 cm³/mol. The molecule has 1 saturated carbocycles. The molecule has 5 rings (SSSR count). The van der Waals surface area contributed by atoms with Gasteiger partial charge in [-0.1, -0.05) is 43.5 Å². The first kappa shape index (κ1) is 17.7. The van der Waals surface area contributed by atoms with E-state index in [0.717, 1.165) is 12.6 Å². The number of hydrogen-bond acceptors (Lipinski definition) is 2. The van der Waals surface area contributed by atoms with Gasteiger partial charge in [0.15, 0.2) is 0 Å². The van der Waals surface area contributed by atoms with Gasteiger partial charge in [-0.15, -0.1) is 0 Å². The largest absolute Gasteiger partial charge is 0.336 e. The van der Waals surface area contributed by atoms with Gasteiger partial charge in [0.2, 0.25) is 5.91 Å². The molecule has 2 atom stereocenters. The number of likely N-dealkylation sites (tertiary alicyclic amines) is 2. The monoisotopic (exact) mass is 370 g/mol. The number of hydrogen-bond donors (Lipinski definition) is 0. The first-order valence-electron chi connectivity index (χ1n) is 11.3. The quantitative estimate of drug-likeness (QED) is 0.682. The SMILES string of the molecule is CC(=O)N1CCC2CC3(CCN(C4CCCCC4)CC3)c3ccccc3C21.[HH].[HH]. The van der Waals surface area contributed by atoms with E-state index in [2.05, 4.69) is 34.1 Å². The first-order valence-corrected chi connectivity index (χ1v) is 11.3. The van der Waals surface area contributed by atoms with Gasteiger partial charge in [-0.25, -0.2) is 0 Å². The van der Waals surface area contributed by atoms with Crippen molar-refractivity contribution in [3.8, 4) is 0 Å².